The summed E-state index contributed by atoms with van der Waals surface area (Å²) >= 11 is 10.2. The summed E-state index contributed by atoms with van der Waals surface area (Å²) in [7, 11) is 1.98. The highest BCUT2D eigenvalue weighted by molar-refractivity contribution is 7.80. The average molecular weight is 198 g/mol. The predicted octanol–water partition coefficient (Wildman–Crippen LogP) is 3.12. The van der Waals surface area contributed by atoms with Crippen molar-refractivity contribution >= 4 is 35.1 Å². The van der Waals surface area contributed by atoms with Gasteiger partial charge >= 0.3 is 0 Å². The summed E-state index contributed by atoms with van der Waals surface area (Å²) in [4.78, 5) is 0.990. The molecule has 0 fully saturated rings. The Balaban J connectivity index is 2.90. The Kier molecular flexibility index (Phi) is 1.81. The maximum atomic E-state index is 5.86. The van der Waals surface area contributed by atoms with Crippen LogP contribution in [0.4, 0.5) is 0 Å². The number of nitrogens with zero attached hydrogens (tertiary/aromatic N) is 1. The van der Waals surface area contributed by atoms with Gasteiger partial charge in [-0.15, -0.1) is 12.6 Å². The smallest absolute Gasteiger partial charge is 0.0504 e. The number of halogens is 1. The summed E-state index contributed by atoms with van der Waals surface area (Å²) < 4.78 is 2.02. The molecule has 62 valence electrons. The summed E-state index contributed by atoms with van der Waals surface area (Å²) in [6, 6.07) is 5.81. The number of aromatic nitrogens is 1. The lowest BCUT2D eigenvalue weighted by molar-refractivity contribution is 0.958. The van der Waals surface area contributed by atoms with Crippen molar-refractivity contribution in [3.8, 4) is 0 Å². The number of fused-ring (bicyclic) bond motifs is 1. The second-order valence-corrected chi connectivity index (χ2v) is 3.70. The molecular formula is C9H8ClNS. The number of hydrogen-bond acceptors (Lipinski definition) is 1. The average Bonchev–Trinajstić information content (AvgIpc) is 2.28. The van der Waals surface area contributed by atoms with E-state index in [9.17, 15) is 0 Å². The van der Waals surface area contributed by atoms with Gasteiger partial charge in [-0.2, -0.15) is 0 Å². The Morgan fingerprint density at radius 2 is 2.17 bits per heavy atom. The van der Waals surface area contributed by atoms with E-state index in [2.05, 4.69) is 12.6 Å². The summed E-state index contributed by atoms with van der Waals surface area (Å²) in [5.74, 6) is 0. The summed E-state index contributed by atoms with van der Waals surface area (Å²) in [6.45, 7) is 0. The van der Waals surface area contributed by atoms with E-state index in [0.717, 1.165) is 20.8 Å². The molecule has 1 aromatic heterocycles. The van der Waals surface area contributed by atoms with Gasteiger partial charge in [0.1, 0.15) is 0 Å². The highest BCUT2D eigenvalue weighted by atomic mass is 35.5. The van der Waals surface area contributed by atoms with Crippen LogP contribution < -0.4 is 0 Å². The zero-order chi connectivity index (χ0) is 8.72. The lowest BCUT2D eigenvalue weighted by Crippen LogP contribution is -1.82. The maximum Gasteiger partial charge on any atom is 0.0504 e. The minimum absolute atomic E-state index is 0.761. The predicted molar refractivity (Wildman–Crippen MR) is 55.2 cm³/mol. The molecule has 1 aromatic carbocycles. The van der Waals surface area contributed by atoms with Crippen molar-refractivity contribution in [2.75, 3.05) is 0 Å². The molecule has 0 aliphatic heterocycles. The molecule has 2 aromatic rings. The molecule has 0 spiro atoms. The minimum Gasteiger partial charge on any atom is -0.349 e. The van der Waals surface area contributed by atoms with Crippen LogP contribution in [-0.4, -0.2) is 4.57 Å². The van der Waals surface area contributed by atoms with Gasteiger partial charge < -0.3 is 4.57 Å². The Morgan fingerprint density at radius 3 is 2.92 bits per heavy atom. The standard InChI is InChI=1S/C9H8ClNS/c1-11-5-9(12)7-3-2-6(10)4-8(7)11/h2-5,12H,1H3. The second kappa shape index (κ2) is 2.71. The second-order valence-electron chi connectivity index (χ2n) is 2.79. The molecule has 0 aliphatic carbocycles. The van der Waals surface area contributed by atoms with Crippen LogP contribution in [0.25, 0.3) is 10.9 Å². The normalized spacial score (nSPS) is 10.9. The van der Waals surface area contributed by atoms with E-state index in [0.29, 0.717) is 0 Å². The molecule has 3 heteroatoms. The lowest BCUT2D eigenvalue weighted by Gasteiger charge is -1.95. The van der Waals surface area contributed by atoms with Crippen molar-refractivity contribution < 1.29 is 0 Å². The van der Waals surface area contributed by atoms with Crippen LogP contribution >= 0.6 is 24.2 Å². The quantitative estimate of drug-likeness (QED) is 0.620. The summed E-state index contributed by atoms with van der Waals surface area (Å²) in [5.41, 5.74) is 1.12. The Morgan fingerprint density at radius 1 is 1.42 bits per heavy atom. The molecule has 0 saturated heterocycles. The lowest BCUT2D eigenvalue weighted by atomic mass is 10.2. The van der Waals surface area contributed by atoms with Crippen molar-refractivity contribution in [3.63, 3.8) is 0 Å². The Labute approximate surface area is 81.4 Å². The third-order valence-corrected chi connectivity index (χ3v) is 2.52. The van der Waals surface area contributed by atoms with Gasteiger partial charge in [0, 0.05) is 28.5 Å². The largest absolute Gasteiger partial charge is 0.349 e. The van der Waals surface area contributed by atoms with E-state index >= 15 is 0 Å². The van der Waals surface area contributed by atoms with Crippen molar-refractivity contribution in [2.24, 2.45) is 7.05 Å². The summed E-state index contributed by atoms with van der Waals surface area (Å²) in [5, 5.41) is 1.90. The number of thiol groups is 1. The van der Waals surface area contributed by atoms with Crippen molar-refractivity contribution in [1.29, 1.82) is 0 Å². The number of hydrogen-bond donors (Lipinski definition) is 1. The van der Waals surface area contributed by atoms with Gasteiger partial charge in [-0.25, -0.2) is 0 Å². The number of aryl methyl sites for hydroxylation is 1. The van der Waals surface area contributed by atoms with Gasteiger partial charge in [-0.3, -0.25) is 0 Å². The zero-order valence-corrected chi connectivity index (χ0v) is 8.23. The SMILES string of the molecule is Cn1cc(S)c2ccc(Cl)cc21. The van der Waals surface area contributed by atoms with Crippen LogP contribution in [0.5, 0.6) is 0 Å². The highest BCUT2D eigenvalue weighted by Gasteiger charge is 2.02. The van der Waals surface area contributed by atoms with Gasteiger partial charge in [0.2, 0.25) is 0 Å². The molecule has 2 rings (SSSR count). The minimum atomic E-state index is 0.761. The van der Waals surface area contributed by atoms with Crippen molar-refractivity contribution in [3.05, 3.63) is 29.4 Å². The van der Waals surface area contributed by atoms with E-state index in [-0.39, 0.29) is 0 Å². The van der Waals surface area contributed by atoms with Crippen LogP contribution in [0.1, 0.15) is 0 Å². The summed E-state index contributed by atoms with van der Waals surface area (Å²) in [6.07, 6.45) is 1.98. The first-order valence-corrected chi connectivity index (χ1v) is 4.44. The first kappa shape index (κ1) is 8.02. The highest BCUT2D eigenvalue weighted by Crippen LogP contribution is 2.25. The molecule has 0 amide bonds. The molecule has 1 nitrogen and oxygen atoms in total. The molecule has 0 N–H and O–H groups in total. The third-order valence-electron chi connectivity index (χ3n) is 1.93. The van der Waals surface area contributed by atoms with Crippen LogP contribution in [0, 0.1) is 0 Å². The Hall–Kier alpha value is -0.600. The first-order chi connectivity index (χ1) is 5.68. The Bertz CT molecular complexity index is 433. The molecule has 0 atom stereocenters. The number of benzene rings is 1. The molecule has 1 heterocycles. The molecule has 0 radical (unpaired) electrons. The fraction of sp³-hybridized carbons (Fsp3) is 0.111. The van der Waals surface area contributed by atoms with E-state index in [4.69, 9.17) is 11.6 Å². The molecule has 0 unspecified atom stereocenters. The van der Waals surface area contributed by atoms with E-state index < -0.39 is 0 Å². The third kappa shape index (κ3) is 1.11. The zero-order valence-electron chi connectivity index (χ0n) is 6.58. The van der Waals surface area contributed by atoms with Gasteiger partial charge in [0.05, 0.1) is 5.52 Å². The first-order valence-electron chi connectivity index (χ1n) is 3.62. The van der Waals surface area contributed by atoms with Crippen LogP contribution in [0.3, 0.4) is 0 Å². The molecule has 0 bridgehead atoms. The molecule has 0 saturated carbocycles. The van der Waals surface area contributed by atoms with Crippen LogP contribution in [0.15, 0.2) is 29.3 Å². The van der Waals surface area contributed by atoms with E-state index in [1.54, 1.807) is 0 Å². The van der Waals surface area contributed by atoms with E-state index in [1.807, 2.05) is 36.0 Å². The van der Waals surface area contributed by atoms with Crippen LogP contribution in [0.2, 0.25) is 5.02 Å². The monoisotopic (exact) mass is 197 g/mol. The van der Waals surface area contributed by atoms with Gasteiger partial charge in [-0.1, -0.05) is 17.7 Å². The van der Waals surface area contributed by atoms with Gasteiger partial charge in [-0.05, 0) is 12.1 Å². The van der Waals surface area contributed by atoms with Crippen molar-refractivity contribution in [2.45, 2.75) is 4.90 Å². The fourth-order valence-electron chi connectivity index (χ4n) is 1.34. The fourth-order valence-corrected chi connectivity index (χ4v) is 1.86. The molecular weight excluding hydrogens is 190 g/mol. The van der Waals surface area contributed by atoms with Crippen molar-refractivity contribution in [1.82, 2.24) is 4.57 Å². The molecule has 12 heavy (non-hydrogen) atoms. The van der Waals surface area contributed by atoms with Gasteiger partial charge in [0.15, 0.2) is 0 Å². The number of rotatable bonds is 0. The van der Waals surface area contributed by atoms with Gasteiger partial charge in [0.25, 0.3) is 0 Å². The van der Waals surface area contributed by atoms with E-state index in [1.165, 1.54) is 0 Å². The topological polar surface area (TPSA) is 4.93 Å². The molecule has 0 aliphatic rings. The van der Waals surface area contributed by atoms with Crippen LogP contribution in [-0.2, 0) is 7.05 Å². The maximum absolute atomic E-state index is 5.86.